The molecule has 4 N–H and O–H groups in total. The second kappa shape index (κ2) is 24.5. The topological polar surface area (TPSA) is 221 Å². The molecule has 0 saturated heterocycles. The van der Waals surface area contributed by atoms with Crippen LogP contribution in [0.2, 0.25) is 0 Å². The van der Waals surface area contributed by atoms with Gasteiger partial charge in [0.2, 0.25) is 35.4 Å². The first-order valence-corrected chi connectivity index (χ1v) is 27.6. The van der Waals surface area contributed by atoms with Crippen LogP contribution < -0.4 is 88.7 Å². The average Bonchev–Trinajstić information content (AvgIpc) is 3.55. The number of rotatable bonds is 16. The van der Waals surface area contributed by atoms with Gasteiger partial charge in [0.05, 0.1) is 12.1 Å². The number of hydrogen-bond donors (Lipinski definition) is 4. The van der Waals surface area contributed by atoms with Crippen molar-refractivity contribution in [3.63, 3.8) is 0 Å². The molecule has 12 aromatic rings. The minimum absolute atomic E-state index is 0. The van der Waals surface area contributed by atoms with E-state index in [1.165, 1.54) is 48.6 Å². The molecule has 0 aliphatic heterocycles. The number of hydrogen-bond acceptors (Lipinski definition) is 14. The zero-order valence-electron chi connectivity index (χ0n) is 45.7. The fraction of sp³-hybridized carbons (Fsp3) is 0. The van der Waals surface area contributed by atoms with Crippen LogP contribution in [0.1, 0.15) is 14.0 Å². The van der Waals surface area contributed by atoms with Crippen LogP contribution in [0, 0.1) is 0 Å². The van der Waals surface area contributed by atoms with Crippen molar-refractivity contribution >= 4 is 98.7 Å². The van der Waals surface area contributed by atoms with Crippen molar-refractivity contribution in [1.82, 2.24) is 19.9 Å². The van der Waals surface area contributed by atoms with E-state index in [9.17, 15) is 25.9 Å². The van der Waals surface area contributed by atoms with Crippen molar-refractivity contribution in [2.45, 2.75) is 9.79 Å². The first kappa shape index (κ1) is 57.0. The summed E-state index contributed by atoms with van der Waals surface area (Å²) in [5.74, 6) is 2.35. The Hall–Kier alpha value is -8.24. The van der Waals surface area contributed by atoms with E-state index in [2.05, 4.69) is 30.6 Å². The molecule has 0 unspecified atom stereocenters. The Balaban J connectivity index is 0.00000230. The molecule has 0 saturated carbocycles. The zero-order valence-corrected chi connectivity index (χ0v) is 49.3. The molecule has 0 amide bonds. The van der Waals surface area contributed by atoms with Gasteiger partial charge in [0.25, 0.3) is 20.2 Å². The van der Waals surface area contributed by atoms with Crippen molar-refractivity contribution in [1.29, 1.82) is 0 Å². The fourth-order valence-corrected chi connectivity index (χ4v) is 10.5. The van der Waals surface area contributed by atoms with Crippen LogP contribution in [-0.4, -0.2) is 45.9 Å². The minimum atomic E-state index is -4.93. The summed E-state index contributed by atoms with van der Waals surface area (Å²) in [5, 5.41) is 13.1. The largest absolute Gasteiger partial charge is 1.00 e. The maximum Gasteiger partial charge on any atom is 1.00 e. The van der Waals surface area contributed by atoms with Crippen LogP contribution in [0.4, 0.5) is 23.3 Å². The number of nitrogens with zero attached hydrogens (tertiary/aromatic N) is 4. The molecular weight excluding hydrogens is 1100 g/mol. The third-order valence-electron chi connectivity index (χ3n) is 12.8. The van der Waals surface area contributed by atoms with Crippen LogP contribution in [0.3, 0.4) is 0 Å². The summed E-state index contributed by atoms with van der Waals surface area (Å²) in [4.78, 5) is 17.3. The summed E-state index contributed by atoms with van der Waals surface area (Å²) >= 11 is 0. The maximum atomic E-state index is 13.1. The Labute approximate surface area is 517 Å². The van der Waals surface area contributed by atoms with E-state index in [4.69, 9.17) is 18.9 Å². The standard InChI is InChI=1S/C62H42N6O10S2.2Na.2H/c69-79(70,71)55-35-45(63-61-65-57(75-51-25-9-17-39-13-1-5-21-47(39)51)37-58(66-61)76-52-26-10-18-40-14-2-6-22-48(40)52)33-31-43(55)29-30-44-32-34-46(36-56(44)80(72,73)74)64-62-67-59(77-53-27-11-19-41-15-3-7-23-49(41)53)38-60(68-62)78-54-28-12-20-42-16-4-8-24-50(42)54;;;;/h1-38H,(H,63,65,66)(H,64,67,68)(H,69,70,71)(H,72,73,74);;;;/q;2*+1;2*-1. The number of aromatic nitrogens is 4. The van der Waals surface area contributed by atoms with Gasteiger partial charge >= 0.3 is 59.1 Å². The Morgan fingerprint density at radius 2 is 0.622 bits per heavy atom. The van der Waals surface area contributed by atoms with Gasteiger partial charge in [-0.3, -0.25) is 9.11 Å². The molecule has 0 fully saturated rings. The second-order valence-corrected chi connectivity index (χ2v) is 20.9. The van der Waals surface area contributed by atoms with Gasteiger partial charge in [-0.25, -0.2) is 0 Å². The Bertz CT molecular complexity index is 4170. The molecular formula is C62H44N6Na2O10S2. The number of ether oxygens (including phenoxy) is 4. The van der Waals surface area contributed by atoms with E-state index in [0.29, 0.717) is 23.0 Å². The Kier molecular flexibility index (Phi) is 17.0. The van der Waals surface area contributed by atoms with Gasteiger partial charge in [-0.15, -0.1) is 0 Å². The summed E-state index contributed by atoms with van der Waals surface area (Å²) in [6.07, 6.45) is 2.56. The van der Waals surface area contributed by atoms with Crippen LogP contribution in [0.5, 0.6) is 46.5 Å². The van der Waals surface area contributed by atoms with Gasteiger partial charge in [0, 0.05) is 32.9 Å². The number of fused-ring (bicyclic) bond motifs is 4. The Morgan fingerprint density at radius 3 is 0.902 bits per heavy atom. The molecule has 12 rings (SSSR count). The SMILES string of the molecule is O=S(=O)(O)c1cc(Nc2nc(Oc3cccc4ccccc34)cc(Oc3cccc4ccccc34)n2)ccc1C=Cc1ccc(Nc2nc(Oc3cccc4ccccc34)cc(Oc3cccc4ccccc34)n2)cc1S(=O)(=O)O.[H-].[H-].[Na+].[Na+]. The van der Waals surface area contributed by atoms with Gasteiger partial charge < -0.3 is 32.4 Å². The molecule has 0 bridgehead atoms. The molecule has 10 aromatic carbocycles. The number of nitrogens with one attached hydrogen (secondary N) is 2. The normalized spacial score (nSPS) is 11.5. The van der Waals surface area contributed by atoms with Crippen LogP contribution >= 0.6 is 0 Å². The van der Waals surface area contributed by atoms with E-state index in [0.717, 1.165) is 55.2 Å². The van der Waals surface area contributed by atoms with E-state index >= 15 is 0 Å². The van der Waals surface area contributed by atoms with Gasteiger partial charge in [-0.2, -0.15) is 36.8 Å². The number of anilines is 4. The van der Waals surface area contributed by atoms with Crippen LogP contribution in [-0.2, 0) is 20.2 Å². The van der Waals surface area contributed by atoms with Crippen molar-refractivity contribution in [3.8, 4) is 46.5 Å². The molecule has 20 heteroatoms. The molecule has 2 aromatic heterocycles. The van der Waals surface area contributed by atoms with Crippen molar-refractivity contribution < 1.29 is 107 Å². The van der Waals surface area contributed by atoms with Crippen molar-refractivity contribution in [2.24, 2.45) is 0 Å². The molecule has 396 valence electrons. The van der Waals surface area contributed by atoms with Gasteiger partial charge in [-0.05, 0) is 81.2 Å². The van der Waals surface area contributed by atoms with E-state index in [-0.39, 0.29) is 120 Å². The predicted octanol–water partition coefficient (Wildman–Crippen LogP) is 9.43. The fourth-order valence-electron chi connectivity index (χ4n) is 9.10. The van der Waals surface area contributed by atoms with Crippen LogP contribution in [0.25, 0.3) is 55.2 Å². The summed E-state index contributed by atoms with van der Waals surface area (Å²) < 4.78 is 98.8. The molecule has 0 spiro atoms. The molecule has 0 radical (unpaired) electrons. The minimum Gasteiger partial charge on any atom is -1.00 e. The predicted molar refractivity (Wildman–Crippen MR) is 310 cm³/mol. The first-order chi connectivity index (χ1) is 38.8. The van der Waals surface area contributed by atoms with Gasteiger partial charge in [-0.1, -0.05) is 170 Å². The van der Waals surface area contributed by atoms with Gasteiger partial charge in [0.1, 0.15) is 32.8 Å². The molecule has 0 aliphatic carbocycles. The first-order valence-electron chi connectivity index (χ1n) is 24.7. The third-order valence-corrected chi connectivity index (χ3v) is 14.6. The van der Waals surface area contributed by atoms with Gasteiger partial charge in [0.15, 0.2) is 0 Å². The smallest absolute Gasteiger partial charge is 1.00 e. The van der Waals surface area contributed by atoms with E-state index in [1.807, 2.05) is 146 Å². The summed E-state index contributed by atoms with van der Waals surface area (Å²) in [7, 11) is -9.87. The molecule has 0 aliphatic rings. The molecule has 16 nitrogen and oxygen atoms in total. The summed E-state index contributed by atoms with van der Waals surface area (Å²) in [6.45, 7) is 0. The number of benzene rings is 10. The van der Waals surface area contributed by atoms with Crippen molar-refractivity contribution in [3.05, 3.63) is 230 Å². The Morgan fingerprint density at radius 1 is 0.354 bits per heavy atom. The second-order valence-electron chi connectivity index (χ2n) is 18.1. The summed E-state index contributed by atoms with van der Waals surface area (Å²) in [5.41, 5.74) is 0.208. The zero-order chi connectivity index (χ0) is 54.8. The molecule has 82 heavy (non-hydrogen) atoms. The summed E-state index contributed by atoms with van der Waals surface area (Å²) in [6, 6.07) is 64.4. The third kappa shape index (κ3) is 12.9. The van der Waals surface area contributed by atoms with E-state index < -0.39 is 30.0 Å². The van der Waals surface area contributed by atoms with Crippen molar-refractivity contribution in [2.75, 3.05) is 10.6 Å². The van der Waals surface area contributed by atoms with Crippen LogP contribution in [0.15, 0.2) is 228 Å². The molecule has 0 atom stereocenters. The average molecular weight is 1140 g/mol. The molecule has 2 heterocycles. The van der Waals surface area contributed by atoms with E-state index in [1.54, 1.807) is 24.3 Å². The maximum absolute atomic E-state index is 13.1. The quantitative estimate of drug-likeness (QED) is 0.0402. The monoisotopic (exact) mass is 1140 g/mol.